The Morgan fingerprint density at radius 1 is 1.47 bits per heavy atom. The zero-order valence-corrected chi connectivity index (χ0v) is 8.88. The molecule has 7 heteroatoms. The van der Waals surface area contributed by atoms with Crippen LogP contribution in [-0.4, -0.2) is 24.8 Å². The van der Waals surface area contributed by atoms with Gasteiger partial charge in [-0.3, -0.25) is 9.78 Å². The van der Waals surface area contributed by atoms with E-state index in [1.807, 2.05) is 0 Å². The third-order valence-electron chi connectivity index (χ3n) is 2.01. The van der Waals surface area contributed by atoms with Crippen LogP contribution in [0.3, 0.4) is 0 Å². The number of aromatic amines is 1. The van der Waals surface area contributed by atoms with Crippen LogP contribution in [0.15, 0.2) is 20.3 Å². The Hall–Kier alpha value is -1.63. The van der Waals surface area contributed by atoms with Crippen molar-refractivity contribution in [3.63, 3.8) is 0 Å². The van der Waals surface area contributed by atoms with Crippen LogP contribution in [0, 0.1) is 6.92 Å². The van der Waals surface area contributed by atoms with Crippen molar-refractivity contribution < 1.29 is 12.9 Å². The molecule has 2 heterocycles. The number of fused-ring (bicyclic) bond motifs is 1. The maximum Gasteiger partial charge on any atom is 0.252 e. The van der Waals surface area contributed by atoms with Gasteiger partial charge in [-0.15, -0.1) is 0 Å². The lowest BCUT2D eigenvalue weighted by Crippen LogP contribution is -2.09. The molecule has 0 aromatic carbocycles. The summed E-state index contributed by atoms with van der Waals surface area (Å²) in [5.41, 5.74) is -0.0128. The molecule has 2 aromatic rings. The first-order valence-corrected chi connectivity index (χ1v) is 5.98. The van der Waals surface area contributed by atoms with Crippen LogP contribution < -0.4 is 5.56 Å². The van der Waals surface area contributed by atoms with Crippen molar-refractivity contribution in [2.75, 3.05) is 6.26 Å². The maximum atomic E-state index is 11.4. The molecule has 0 amide bonds. The number of nitrogens with one attached hydrogen (secondary N) is 1. The fourth-order valence-corrected chi connectivity index (χ4v) is 2.31. The van der Waals surface area contributed by atoms with Gasteiger partial charge in [-0.1, -0.05) is 5.16 Å². The summed E-state index contributed by atoms with van der Waals surface area (Å²) >= 11 is 0. The molecule has 2 rings (SSSR count). The van der Waals surface area contributed by atoms with Gasteiger partial charge in [0.05, 0.1) is 16.0 Å². The lowest BCUT2D eigenvalue weighted by atomic mass is 10.3. The fraction of sp³-hybridized carbons (Fsp3) is 0.250. The molecule has 0 radical (unpaired) electrons. The number of sulfone groups is 1. The average molecular weight is 228 g/mol. The second-order valence-electron chi connectivity index (χ2n) is 3.24. The lowest BCUT2D eigenvalue weighted by Gasteiger charge is -1.98. The fourth-order valence-electron chi connectivity index (χ4n) is 1.38. The Kier molecular flexibility index (Phi) is 1.93. The molecule has 0 saturated carbocycles. The van der Waals surface area contributed by atoms with Crippen molar-refractivity contribution in [2.24, 2.45) is 0 Å². The minimum atomic E-state index is -3.46. The molecule has 0 aliphatic heterocycles. The molecule has 0 spiro atoms. The largest absolute Gasteiger partial charge is 0.337 e. The van der Waals surface area contributed by atoms with E-state index in [2.05, 4.69) is 10.1 Å². The van der Waals surface area contributed by atoms with E-state index < -0.39 is 15.4 Å². The molecule has 6 nitrogen and oxygen atoms in total. The Labute approximate surface area is 84.8 Å². The second kappa shape index (κ2) is 2.93. The lowest BCUT2D eigenvalue weighted by molar-refractivity contribution is 0.442. The van der Waals surface area contributed by atoms with Crippen molar-refractivity contribution in [3.05, 3.63) is 22.1 Å². The molecule has 0 bridgehead atoms. The molecule has 80 valence electrons. The first-order valence-electron chi connectivity index (χ1n) is 4.09. The number of aromatic nitrogens is 2. The van der Waals surface area contributed by atoms with E-state index in [9.17, 15) is 13.2 Å². The maximum absolute atomic E-state index is 11.4. The minimum Gasteiger partial charge on any atom is -0.337 e. The van der Waals surface area contributed by atoms with E-state index in [0.717, 1.165) is 12.3 Å². The van der Waals surface area contributed by atoms with Gasteiger partial charge >= 0.3 is 0 Å². The predicted octanol–water partition coefficient (Wildman–Crippen LogP) is 0.228. The highest BCUT2D eigenvalue weighted by Gasteiger charge is 2.18. The molecule has 15 heavy (non-hydrogen) atoms. The summed E-state index contributed by atoms with van der Waals surface area (Å²) in [6, 6.07) is 1.03. The van der Waals surface area contributed by atoms with E-state index in [0.29, 0.717) is 11.1 Å². The van der Waals surface area contributed by atoms with Gasteiger partial charge in [-0.25, -0.2) is 8.42 Å². The smallest absolute Gasteiger partial charge is 0.252 e. The first-order chi connectivity index (χ1) is 6.89. The third kappa shape index (κ3) is 1.54. The predicted molar refractivity (Wildman–Crippen MR) is 52.5 cm³/mol. The molecule has 0 unspecified atom stereocenters. The van der Waals surface area contributed by atoms with Crippen molar-refractivity contribution in [1.82, 2.24) is 10.1 Å². The summed E-state index contributed by atoms with van der Waals surface area (Å²) in [4.78, 5) is 13.5. The summed E-state index contributed by atoms with van der Waals surface area (Å²) in [6.07, 6.45) is 1.04. The zero-order chi connectivity index (χ0) is 11.2. The standard InChI is InChI=1S/C8H8N2O4S/c1-4-7-5(15(2,12)13)3-6(11)9-8(7)14-10-4/h3H,1-2H3,(H,9,11). The molecule has 0 atom stereocenters. The third-order valence-corrected chi connectivity index (χ3v) is 3.13. The number of nitrogens with zero attached hydrogens (tertiary/aromatic N) is 1. The minimum absolute atomic E-state index is 0.0556. The quantitative estimate of drug-likeness (QED) is 0.754. The highest BCUT2D eigenvalue weighted by Crippen LogP contribution is 2.22. The summed E-state index contributed by atoms with van der Waals surface area (Å²) in [6.45, 7) is 1.61. The highest BCUT2D eigenvalue weighted by molar-refractivity contribution is 7.91. The van der Waals surface area contributed by atoms with Crippen molar-refractivity contribution >= 4 is 20.9 Å². The Balaban J connectivity index is 3.06. The van der Waals surface area contributed by atoms with Gasteiger partial charge in [-0.2, -0.15) is 0 Å². The number of hydrogen-bond acceptors (Lipinski definition) is 5. The van der Waals surface area contributed by atoms with Crippen molar-refractivity contribution in [1.29, 1.82) is 0 Å². The van der Waals surface area contributed by atoms with Crippen molar-refractivity contribution in [2.45, 2.75) is 11.8 Å². The number of hydrogen-bond donors (Lipinski definition) is 1. The molecule has 0 aliphatic rings. The Morgan fingerprint density at radius 3 is 2.73 bits per heavy atom. The molecule has 1 N–H and O–H groups in total. The van der Waals surface area contributed by atoms with Crippen LogP contribution in [0.2, 0.25) is 0 Å². The normalized spacial score (nSPS) is 12.1. The van der Waals surface area contributed by atoms with Crippen LogP contribution >= 0.6 is 0 Å². The second-order valence-corrected chi connectivity index (χ2v) is 5.23. The Morgan fingerprint density at radius 2 is 2.13 bits per heavy atom. The summed E-state index contributed by atoms with van der Waals surface area (Å²) in [7, 11) is -3.46. The van der Waals surface area contributed by atoms with E-state index in [1.165, 1.54) is 0 Å². The molecule has 0 saturated heterocycles. The zero-order valence-electron chi connectivity index (χ0n) is 8.07. The van der Waals surface area contributed by atoms with Gasteiger partial charge in [0.15, 0.2) is 9.84 Å². The van der Waals surface area contributed by atoms with Crippen LogP contribution in [0.25, 0.3) is 11.1 Å². The molecule has 0 aliphatic carbocycles. The summed E-state index contributed by atoms with van der Waals surface area (Å²) in [5.74, 6) is 0. The van der Waals surface area contributed by atoms with Gasteiger partial charge in [0.25, 0.3) is 5.56 Å². The van der Waals surface area contributed by atoms with Crippen LogP contribution in [0.5, 0.6) is 0 Å². The Bertz CT molecular complexity index is 680. The van der Waals surface area contributed by atoms with Gasteiger partial charge in [0, 0.05) is 12.3 Å². The molecular formula is C8H8N2O4S. The van der Waals surface area contributed by atoms with Gasteiger partial charge in [0.1, 0.15) is 0 Å². The van der Waals surface area contributed by atoms with Crippen LogP contribution in [0.1, 0.15) is 5.69 Å². The SMILES string of the molecule is Cc1noc2[nH]c(=O)cc(S(C)(=O)=O)c12. The number of rotatable bonds is 1. The molecule has 0 fully saturated rings. The monoisotopic (exact) mass is 228 g/mol. The summed E-state index contributed by atoms with van der Waals surface area (Å²) < 4.78 is 27.6. The van der Waals surface area contributed by atoms with E-state index >= 15 is 0 Å². The van der Waals surface area contributed by atoms with E-state index in [4.69, 9.17) is 4.52 Å². The molecule has 2 aromatic heterocycles. The molecular weight excluding hydrogens is 220 g/mol. The van der Waals surface area contributed by atoms with E-state index in [-0.39, 0.29) is 10.6 Å². The number of aryl methyl sites for hydroxylation is 1. The van der Waals surface area contributed by atoms with Crippen LogP contribution in [-0.2, 0) is 9.84 Å². The van der Waals surface area contributed by atoms with Gasteiger partial charge in [0.2, 0.25) is 5.71 Å². The van der Waals surface area contributed by atoms with Crippen molar-refractivity contribution in [3.8, 4) is 0 Å². The highest BCUT2D eigenvalue weighted by atomic mass is 32.2. The first kappa shape index (κ1) is 9.91. The van der Waals surface area contributed by atoms with Crippen LogP contribution in [0.4, 0.5) is 0 Å². The van der Waals surface area contributed by atoms with Gasteiger partial charge in [-0.05, 0) is 6.92 Å². The topological polar surface area (TPSA) is 93.0 Å². The van der Waals surface area contributed by atoms with E-state index in [1.54, 1.807) is 6.92 Å². The summed E-state index contributed by atoms with van der Waals surface area (Å²) in [5, 5.41) is 3.93. The number of H-pyrrole nitrogens is 1. The van der Waals surface area contributed by atoms with Gasteiger partial charge < -0.3 is 4.52 Å². The average Bonchev–Trinajstić information content (AvgIpc) is 2.44. The number of pyridine rings is 1.